The smallest absolute Gasteiger partial charge is 0.0541 e. The zero-order valence-electron chi connectivity index (χ0n) is 31.4. The molecule has 0 aliphatic rings. The van der Waals surface area contributed by atoms with Gasteiger partial charge in [0.15, 0.2) is 0 Å². The Balaban J connectivity index is 1.18. The Kier molecular flexibility index (Phi) is 8.86. The molecule has 0 aliphatic carbocycles. The molecule has 0 unspecified atom stereocenters. The summed E-state index contributed by atoms with van der Waals surface area (Å²) < 4.78 is 2.39. The van der Waals surface area contributed by atoms with Crippen LogP contribution in [-0.4, -0.2) is 4.57 Å². The Hall–Kier alpha value is -7.62. The number of aromatic nitrogens is 1. The van der Waals surface area contributed by atoms with Gasteiger partial charge in [-0.1, -0.05) is 140 Å². The highest BCUT2D eigenvalue weighted by Crippen LogP contribution is 2.44. The summed E-state index contributed by atoms with van der Waals surface area (Å²) in [6, 6.07) is 84.8. The summed E-state index contributed by atoms with van der Waals surface area (Å²) in [6.07, 6.45) is 0. The van der Waals surface area contributed by atoms with Gasteiger partial charge in [0, 0.05) is 50.6 Å². The van der Waals surface area contributed by atoms with Crippen LogP contribution in [0.1, 0.15) is 0 Å². The van der Waals surface area contributed by atoms with E-state index < -0.39 is 0 Å². The molecule has 270 valence electrons. The SMILES string of the molecule is c1ccc(-c2ccc(-n3c4ccccc4c4cc(-c5cc(N(c6ccccc6)c6ccccc6)cc(N(c6ccccc6)c6ccccc6)c5)ccc43)cc2)cc1. The Labute approximate surface area is 333 Å². The Morgan fingerprint density at radius 2 is 0.649 bits per heavy atom. The predicted molar refractivity (Wildman–Crippen MR) is 241 cm³/mol. The fraction of sp³-hybridized carbons (Fsp3) is 0. The van der Waals surface area contributed by atoms with Gasteiger partial charge in [0.05, 0.1) is 11.0 Å². The largest absolute Gasteiger partial charge is 0.310 e. The second-order valence-electron chi connectivity index (χ2n) is 14.2. The lowest BCUT2D eigenvalue weighted by Crippen LogP contribution is -2.13. The number of rotatable bonds is 9. The molecule has 57 heavy (non-hydrogen) atoms. The molecule has 0 radical (unpaired) electrons. The number of benzene rings is 9. The maximum Gasteiger partial charge on any atom is 0.0541 e. The standard InChI is InChI=1S/C54H39N3/c1-6-18-40(19-7-1)41-30-33-48(34-31-41)57-53-29-17-16-28-51(53)52-38-42(32-35-54(52)57)43-36-49(55(44-20-8-2-9-21-44)45-22-10-3-11-23-45)39-50(37-43)56(46-24-12-4-13-25-46)47-26-14-5-15-27-47/h1-39H. The van der Waals surface area contributed by atoms with E-state index in [9.17, 15) is 0 Å². The molecular weight excluding hydrogens is 691 g/mol. The van der Waals surface area contributed by atoms with Crippen molar-refractivity contribution in [3.05, 3.63) is 237 Å². The van der Waals surface area contributed by atoms with Crippen molar-refractivity contribution in [1.82, 2.24) is 4.57 Å². The van der Waals surface area contributed by atoms with Gasteiger partial charge in [-0.15, -0.1) is 0 Å². The maximum atomic E-state index is 2.39. The summed E-state index contributed by atoms with van der Waals surface area (Å²) in [7, 11) is 0. The zero-order valence-corrected chi connectivity index (χ0v) is 31.4. The van der Waals surface area contributed by atoms with Gasteiger partial charge in [0.2, 0.25) is 0 Å². The van der Waals surface area contributed by atoms with Gasteiger partial charge < -0.3 is 14.4 Å². The Bertz CT molecular complexity index is 2740. The molecule has 9 aromatic carbocycles. The minimum Gasteiger partial charge on any atom is -0.310 e. The van der Waals surface area contributed by atoms with Crippen LogP contribution < -0.4 is 9.80 Å². The third kappa shape index (κ3) is 6.52. The second kappa shape index (κ2) is 14.9. The first-order chi connectivity index (χ1) is 28.3. The lowest BCUT2D eigenvalue weighted by Gasteiger charge is -2.30. The highest BCUT2D eigenvalue weighted by Gasteiger charge is 2.20. The van der Waals surface area contributed by atoms with Gasteiger partial charge in [0.1, 0.15) is 0 Å². The van der Waals surface area contributed by atoms with E-state index >= 15 is 0 Å². The number of fused-ring (bicyclic) bond motifs is 3. The van der Waals surface area contributed by atoms with Crippen LogP contribution in [0.25, 0.3) is 49.7 Å². The Morgan fingerprint density at radius 1 is 0.246 bits per heavy atom. The predicted octanol–water partition coefficient (Wildman–Crippen LogP) is 15.1. The van der Waals surface area contributed by atoms with E-state index in [1.807, 2.05) is 0 Å². The first-order valence-electron chi connectivity index (χ1n) is 19.4. The molecule has 10 rings (SSSR count). The summed E-state index contributed by atoms with van der Waals surface area (Å²) in [6.45, 7) is 0. The number of para-hydroxylation sites is 5. The van der Waals surface area contributed by atoms with Crippen molar-refractivity contribution in [2.24, 2.45) is 0 Å². The van der Waals surface area contributed by atoms with Crippen molar-refractivity contribution in [1.29, 1.82) is 0 Å². The average Bonchev–Trinajstić information content (AvgIpc) is 3.62. The molecular formula is C54H39N3. The molecule has 1 heterocycles. The van der Waals surface area contributed by atoms with Gasteiger partial charge in [-0.25, -0.2) is 0 Å². The van der Waals surface area contributed by atoms with Crippen LogP contribution in [0.4, 0.5) is 34.1 Å². The van der Waals surface area contributed by atoms with Crippen LogP contribution in [0, 0.1) is 0 Å². The number of hydrogen-bond donors (Lipinski definition) is 0. The van der Waals surface area contributed by atoms with Crippen molar-refractivity contribution in [3.8, 4) is 27.9 Å². The second-order valence-corrected chi connectivity index (χ2v) is 14.2. The summed E-state index contributed by atoms with van der Waals surface area (Å²) in [5.41, 5.74) is 14.7. The van der Waals surface area contributed by atoms with Crippen LogP contribution in [0.5, 0.6) is 0 Å². The van der Waals surface area contributed by atoms with Gasteiger partial charge >= 0.3 is 0 Å². The topological polar surface area (TPSA) is 11.4 Å². The molecule has 0 amide bonds. The summed E-state index contributed by atoms with van der Waals surface area (Å²) in [5.74, 6) is 0. The molecule has 3 nitrogen and oxygen atoms in total. The van der Waals surface area contributed by atoms with Gasteiger partial charge in [-0.2, -0.15) is 0 Å². The minimum atomic E-state index is 1.07. The fourth-order valence-electron chi connectivity index (χ4n) is 8.09. The monoisotopic (exact) mass is 729 g/mol. The van der Waals surface area contributed by atoms with Crippen LogP contribution in [-0.2, 0) is 0 Å². The maximum absolute atomic E-state index is 2.39. The van der Waals surface area contributed by atoms with E-state index in [1.165, 1.54) is 32.9 Å². The van der Waals surface area contributed by atoms with Crippen molar-refractivity contribution in [3.63, 3.8) is 0 Å². The normalized spacial score (nSPS) is 11.2. The summed E-state index contributed by atoms with van der Waals surface area (Å²) >= 11 is 0. The first kappa shape index (κ1) is 33.9. The quantitative estimate of drug-likeness (QED) is 0.147. The van der Waals surface area contributed by atoms with Crippen molar-refractivity contribution < 1.29 is 0 Å². The van der Waals surface area contributed by atoms with Crippen LogP contribution in [0.3, 0.4) is 0 Å². The fourth-order valence-corrected chi connectivity index (χ4v) is 8.09. The Morgan fingerprint density at radius 3 is 1.16 bits per heavy atom. The molecule has 0 spiro atoms. The van der Waals surface area contributed by atoms with Gasteiger partial charge in [0.25, 0.3) is 0 Å². The molecule has 0 N–H and O–H groups in total. The van der Waals surface area contributed by atoms with Gasteiger partial charge in [-0.3, -0.25) is 0 Å². The van der Waals surface area contributed by atoms with Crippen molar-refractivity contribution in [2.45, 2.75) is 0 Å². The van der Waals surface area contributed by atoms with Crippen LogP contribution in [0.15, 0.2) is 237 Å². The van der Waals surface area contributed by atoms with Gasteiger partial charge in [-0.05, 0) is 119 Å². The molecule has 0 aliphatic heterocycles. The van der Waals surface area contributed by atoms with Crippen LogP contribution >= 0.6 is 0 Å². The van der Waals surface area contributed by atoms with Crippen molar-refractivity contribution in [2.75, 3.05) is 9.80 Å². The first-order valence-corrected chi connectivity index (χ1v) is 19.4. The third-order valence-electron chi connectivity index (χ3n) is 10.7. The van der Waals surface area contributed by atoms with E-state index in [1.54, 1.807) is 0 Å². The zero-order chi connectivity index (χ0) is 38.0. The van der Waals surface area contributed by atoms with E-state index in [-0.39, 0.29) is 0 Å². The third-order valence-corrected chi connectivity index (χ3v) is 10.7. The van der Waals surface area contributed by atoms with E-state index in [4.69, 9.17) is 0 Å². The van der Waals surface area contributed by atoms with Crippen LogP contribution in [0.2, 0.25) is 0 Å². The molecule has 0 saturated heterocycles. The molecule has 3 heteroatoms. The molecule has 1 aromatic heterocycles. The molecule has 0 fully saturated rings. The van der Waals surface area contributed by atoms with E-state index in [0.717, 1.165) is 50.9 Å². The average molecular weight is 730 g/mol. The van der Waals surface area contributed by atoms with E-state index in [2.05, 4.69) is 251 Å². The highest BCUT2D eigenvalue weighted by molar-refractivity contribution is 6.10. The number of nitrogens with zero attached hydrogens (tertiary/aromatic N) is 3. The minimum absolute atomic E-state index is 1.07. The molecule has 0 bridgehead atoms. The molecule has 0 atom stereocenters. The summed E-state index contributed by atoms with van der Waals surface area (Å²) in [5, 5.41) is 2.44. The number of anilines is 6. The lowest BCUT2D eigenvalue weighted by atomic mass is 10.00. The van der Waals surface area contributed by atoms with Crippen molar-refractivity contribution >= 4 is 55.9 Å². The van der Waals surface area contributed by atoms with E-state index in [0.29, 0.717) is 0 Å². The lowest BCUT2D eigenvalue weighted by molar-refractivity contribution is 1.18. The highest BCUT2D eigenvalue weighted by atomic mass is 15.2. The molecule has 10 aromatic rings. The number of hydrogen-bond acceptors (Lipinski definition) is 2. The summed E-state index contributed by atoms with van der Waals surface area (Å²) in [4.78, 5) is 4.70. The molecule has 0 saturated carbocycles.